The molecule has 1 aliphatic heterocycles. The molecule has 0 saturated carbocycles. The molecule has 0 aliphatic carbocycles. The lowest BCUT2D eigenvalue weighted by Crippen LogP contribution is -2.19. The van der Waals surface area contributed by atoms with Crippen LogP contribution in [0.4, 0.5) is 5.69 Å². The highest BCUT2D eigenvalue weighted by molar-refractivity contribution is 14.1. The van der Waals surface area contributed by atoms with Crippen LogP contribution in [0.5, 0.6) is 11.5 Å². The van der Waals surface area contributed by atoms with E-state index in [4.69, 9.17) is 21.1 Å². The van der Waals surface area contributed by atoms with Crippen molar-refractivity contribution in [1.82, 2.24) is 5.32 Å². The summed E-state index contributed by atoms with van der Waals surface area (Å²) in [4.78, 5) is 17.5. The Morgan fingerprint density at radius 2 is 1.88 bits per heavy atom. The standard InChI is InChI=1S/C24H18ClIN2O3S/c1-30-20-12-16(11-19(26)22(20)31-14-15-5-3-2-4-6-15)13-21-23(29)28-24(32-21)27-18-9-7-17(25)8-10-18/h2-13H,14H2,1H3,(H,27,28,29)/b21-13+. The third-order valence-electron chi connectivity index (χ3n) is 4.48. The minimum atomic E-state index is -0.193. The SMILES string of the molecule is COc1cc(/C=C2/SC(=Nc3ccc(Cl)cc3)NC2=O)cc(I)c1OCc1ccccc1. The average Bonchev–Trinajstić information content (AvgIpc) is 3.13. The van der Waals surface area contributed by atoms with Gasteiger partial charge < -0.3 is 14.8 Å². The molecule has 0 spiro atoms. The van der Waals surface area contributed by atoms with Crippen LogP contribution >= 0.6 is 46.0 Å². The maximum absolute atomic E-state index is 12.4. The van der Waals surface area contributed by atoms with E-state index in [1.807, 2.05) is 48.5 Å². The van der Waals surface area contributed by atoms with Crippen LogP contribution in [0.2, 0.25) is 5.02 Å². The second-order valence-electron chi connectivity index (χ2n) is 6.77. The highest BCUT2D eigenvalue weighted by Crippen LogP contribution is 2.36. The fraction of sp³-hybridized carbons (Fsp3) is 0.0833. The molecule has 1 amide bonds. The predicted octanol–water partition coefficient (Wildman–Crippen LogP) is 6.42. The minimum Gasteiger partial charge on any atom is -0.493 e. The van der Waals surface area contributed by atoms with E-state index in [1.165, 1.54) is 11.8 Å². The van der Waals surface area contributed by atoms with Crippen LogP contribution < -0.4 is 14.8 Å². The largest absolute Gasteiger partial charge is 0.493 e. The number of hydrogen-bond donors (Lipinski definition) is 1. The van der Waals surface area contributed by atoms with Crippen molar-refractivity contribution in [3.05, 3.63) is 91.4 Å². The molecule has 1 heterocycles. The van der Waals surface area contributed by atoms with E-state index in [2.05, 4.69) is 32.9 Å². The van der Waals surface area contributed by atoms with Gasteiger partial charge in [-0.05, 0) is 88.0 Å². The summed E-state index contributed by atoms with van der Waals surface area (Å²) >= 11 is 9.41. The van der Waals surface area contributed by atoms with Crippen molar-refractivity contribution >= 4 is 68.8 Å². The summed E-state index contributed by atoms with van der Waals surface area (Å²) < 4.78 is 12.5. The normalized spacial score (nSPS) is 15.8. The summed E-state index contributed by atoms with van der Waals surface area (Å²) in [6.45, 7) is 0.441. The van der Waals surface area contributed by atoms with Gasteiger partial charge in [0, 0.05) is 5.02 Å². The lowest BCUT2D eigenvalue weighted by atomic mass is 10.2. The van der Waals surface area contributed by atoms with Gasteiger partial charge in [-0.2, -0.15) is 0 Å². The number of amides is 1. The van der Waals surface area contributed by atoms with Crippen LogP contribution in [-0.4, -0.2) is 18.2 Å². The molecule has 8 heteroatoms. The van der Waals surface area contributed by atoms with Gasteiger partial charge in [-0.25, -0.2) is 4.99 Å². The van der Waals surface area contributed by atoms with Crippen LogP contribution in [0.25, 0.3) is 6.08 Å². The van der Waals surface area contributed by atoms with Gasteiger partial charge in [-0.3, -0.25) is 4.79 Å². The molecule has 1 aliphatic rings. The summed E-state index contributed by atoms with van der Waals surface area (Å²) in [5.74, 6) is 1.09. The first-order chi connectivity index (χ1) is 15.5. The van der Waals surface area contributed by atoms with Gasteiger partial charge in [-0.1, -0.05) is 41.9 Å². The highest BCUT2D eigenvalue weighted by Gasteiger charge is 2.24. The number of nitrogens with zero attached hydrogens (tertiary/aromatic N) is 1. The lowest BCUT2D eigenvalue weighted by Gasteiger charge is -2.14. The number of benzene rings is 3. The molecule has 4 rings (SSSR count). The summed E-state index contributed by atoms with van der Waals surface area (Å²) in [5.41, 5.74) is 2.63. The van der Waals surface area contributed by atoms with Gasteiger partial charge in [-0.15, -0.1) is 0 Å². The highest BCUT2D eigenvalue weighted by atomic mass is 127. The summed E-state index contributed by atoms with van der Waals surface area (Å²) in [6.07, 6.45) is 1.82. The third-order valence-corrected chi connectivity index (χ3v) is 6.45. The molecular weight excluding hydrogens is 559 g/mol. The van der Waals surface area contributed by atoms with Gasteiger partial charge in [0.05, 0.1) is 21.3 Å². The molecule has 162 valence electrons. The van der Waals surface area contributed by atoms with Crippen molar-refractivity contribution in [2.75, 3.05) is 7.11 Å². The number of carbonyl (C=O) groups is 1. The van der Waals surface area contributed by atoms with Crippen molar-refractivity contribution in [2.45, 2.75) is 6.61 Å². The smallest absolute Gasteiger partial charge is 0.264 e. The van der Waals surface area contributed by atoms with Crippen molar-refractivity contribution in [1.29, 1.82) is 0 Å². The van der Waals surface area contributed by atoms with E-state index in [0.29, 0.717) is 33.2 Å². The number of ether oxygens (including phenoxy) is 2. The molecule has 1 N–H and O–H groups in total. The Hall–Kier alpha value is -2.49. The van der Waals surface area contributed by atoms with Gasteiger partial charge in [0.2, 0.25) is 0 Å². The molecule has 3 aromatic carbocycles. The van der Waals surface area contributed by atoms with E-state index in [0.717, 1.165) is 20.4 Å². The Bertz CT molecular complexity index is 1200. The molecule has 0 radical (unpaired) electrons. The molecule has 5 nitrogen and oxygen atoms in total. The van der Waals surface area contributed by atoms with Gasteiger partial charge in [0.25, 0.3) is 5.91 Å². The fourth-order valence-electron chi connectivity index (χ4n) is 2.96. The number of nitrogens with one attached hydrogen (secondary N) is 1. The van der Waals surface area contributed by atoms with E-state index >= 15 is 0 Å². The first-order valence-corrected chi connectivity index (χ1v) is 11.9. The van der Waals surface area contributed by atoms with Crippen molar-refractivity contribution in [2.24, 2.45) is 4.99 Å². The summed E-state index contributed by atoms with van der Waals surface area (Å²) in [7, 11) is 1.60. The Morgan fingerprint density at radius 1 is 1.12 bits per heavy atom. The third kappa shape index (κ3) is 5.65. The number of halogens is 2. The maximum Gasteiger partial charge on any atom is 0.264 e. The second-order valence-corrected chi connectivity index (χ2v) is 9.40. The number of thioether (sulfide) groups is 1. The van der Waals surface area contributed by atoms with Crippen LogP contribution in [0.15, 0.2) is 76.6 Å². The molecule has 32 heavy (non-hydrogen) atoms. The van der Waals surface area contributed by atoms with Crippen molar-refractivity contribution in [3.63, 3.8) is 0 Å². The van der Waals surface area contributed by atoms with Gasteiger partial charge in [0.15, 0.2) is 16.7 Å². The zero-order chi connectivity index (χ0) is 22.5. The van der Waals surface area contributed by atoms with Crippen LogP contribution in [0.3, 0.4) is 0 Å². The molecule has 0 aromatic heterocycles. The number of hydrogen-bond acceptors (Lipinski definition) is 5. The fourth-order valence-corrected chi connectivity index (χ4v) is 4.71. The van der Waals surface area contributed by atoms with Crippen molar-refractivity contribution < 1.29 is 14.3 Å². The Morgan fingerprint density at radius 3 is 2.59 bits per heavy atom. The minimum absolute atomic E-state index is 0.193. The zero-order valence-corrected chi connectivity index (χ0v) is 20.7. The molecule has 0 bridgehead atoms. The average molecular weight is 577 g/mol. The lowest BCUT2D eigenvalue weighted by molar-refractivity contribution is -0.115. The number of aliphatic imine (C=N–C) groups is 1. The molecule has 1 fully saturated rings. The Labute approximate surface area is 209 Å². The second kappa shape index (κ2) is 10.4. The number of methoxy groups -OCH3 is 1. The number of rotatable bonds is 6. The predicted molar refractivity (Wildman–Crippen MR) is 139 cm³/mol. The van der Waals surface area contributed by atoms with E-state index in [9.17, 15) is 4.79 Å². The summed E-state index contributed by atoms with van der Waals surface area (Å²) in [6, 6.07) is 20.9. The van der Waals surface area contributed by atoms with Gasteiger partial charge in [0.1, 0.15) is 6.61 Å². The molecule has 3 aromatic rings. The quantitative estimate of drug-likeness (QED) is 0.272. The monoisotopic (exact) mass is 576 g/mol. The first-order valence-electron chi connectivity index (χ1n) is 9.61. The van der Waals surface area contributed by atoms with E-state index in [1.54, 1.807) is 31.4 Å². The molecular formula is C24H18ClIN2O3S. The number of amidine groups is 1. The van der Waals surface area contributed by atoms with Crippen LogP contribution in [-0.2, 0) is 11.4 Å². The maximum atomic E-state index is 12.4. The molecule has 0 unspecified atom stereocenters. The van der Waals surface area contributed by atoms with Crippen LogP contribution in [0, 0.1) is 3.57 Å². The number of carbonyl (C=O) groups excluding carboxylic acids is 1. The van der Waals surface area contributed by atoms with Gasteiger partial charge >= 0.3 is 0 Å². The van der Waals surface area contributed by atoms with E-state index in [-0.39, 0.29) is 5.91 Å². The van der Waals surface area contributed by atoms with Crippen molar-refractivity contribution in [3.8, 4) is 11.5 Å². The molecule has 1 saturated heterocycles. The Kier molecular flexibility index (Phi) is 7.39. The summed E-state index contributed by atoms with van der Waals surface area (Å²) in [5, 5.41) is 3.95. The topological polar surface area (TPSA) is 59.9 Å². The zero-order valence-electron chi connectivity index (χ0n) is 17.0. The first kappa shape index (κ1) is 22.7. The van der Waals surface area contributed by atoms with Crippen LogP contribution in [0.1, 0.15) is 11.1 Å². The Balaban J connectivity index is 1.53. The van der Waals surface area contributed by atoms with E-state index < -0.39 is 0 Å². The molecule has 0 atom stereocenters.